The molecule has 0 aliphatic rings. The third-order valence-corrected chi connectivity index (χ3v) is 10.4. The summed E-state index contributed by atoms with van der Waals surface area (Å²) >= 11 is 0. The molecule has 5 aromatic rings. The maximum Gasteiger partial charge on any atom is 0.524 e. The van der Waals surface area contributed by atoms with Crippen LogP contribution in [0, 0.1) is 0 Å². The predicted molar refractivity (Wildman–Crippen MR) is 131 cm³/mol. The maximum atomic E-state index is 13.7. The van der Waals surface area contributed by atoms with E-state index in [0.29, 0.717) is 0 Å². The van der Waals surface area contributed by atoms with Gasteiger partial charge in [0.1, 0.15) is 5.58 Å². The van der Waals surface area contributed by atoms with E-state index in [-0.39, 0.29) is 36.6 Å². The summed E-state index contributed by atoms with van der Waals surface area (Å²) in [5.41, 5.74) is -5.94. The van der Waals surface area contributed by atoms with E-state index < -0.39 is 31.4 Å². The van der Waals surface area contributed by atoms with Crippen LogP contribution in [0.1, 0.15) is 0 Å². The Morgan fingerprint density at radius 3 is 1.78 bits per heavy atom. The molecule has 0 amide bonds. The molecule has 5 rings (SSSR count). The average Bonchev–Trinajstić information content (AvgIpc) is 2.88. The van der Waals surface area contributed by atoms with E-state index in [4.69, 9.17) is 8.05 Å². The molecule has 0 aliphatic heterocycles. The topological polar surface area (TPSA) is 73.6 Å². The molecule has 0 spiro atoms. The number of rotatable bonds is 5. The fourth-order valence-corrected chi connectivity index (χ4v) is 8.78. The van der Waals surface area contributed by atoms with Gasteiger partial charge in [0.05, 0.1) is 15.7 Å². The van der Waals surface area contributed by atoms with Gasteiger partial charge in [-0.1, -0.05) is 54.6 Å². The highest BCUT2D eigenvalue weighted by atomic mass is 32.3. The fourth-order valence-electron chi connectivity index (χ4n) is 3.93. The van der Waals surface area contributed by atoms with Crippen molar-refractivity contribution in [3.05, 3.63) is 113 Å². The van der Waals surface area contributed by atoms with Gasteiger partial charge < -0.3 is 4.42 Å². The minimum Gasteiger partial charge on any atom is -0.455 e. The molecule has 0 fully saturated rings. The van der Waals surface area contributed by atoms with E-state index in [9.17, 15) is 26.4 Å². The van der Waals surface area contributed by atoms with E-state index in [1.54, 1.807) is 60.7 Å². The normalized spacial score (nSPS) is 13.2. The molecule has 0 unspecified atom stereocenters. The molecule has 0 atom stereocenters. The van der Waals surface area contributed by atoms with Crippen LogP contribution in [0.2, 0.25) is 0 Å². The number of hydrogen-bond donors (Lipinski definition) is 0. The minimum atomic E-state index is -6.10. The first-order valence-electron chi connectivity index (χ1n) is 10.6. The van der Waals surface area contributed by atoms with Gasteiger partial charge in [-0.05, 0) is 58.8 Å². The summed E-state index contributed by atoms with van der Waals surface area (Å²) in [7, 11) is -9.73. The Bertz CT molecular complexity index is 1690. The third kappa shape index (κ3) is 3.87. The molecular weight excluding hydrogens is 513 g/mol. The number of halogens is 3. The van der Waals surface area contributed by atoms with Crippen molar-refractivity contribution in [2.75, 3.05) is 0 Å². The lowest BCUT2D eigenvalue weighted by molar-refractivity contribution is -0.0496. The van der Waals surface area contributed by atoms with Gasteiger partial charge >= 0.3 is 15.6 Å². The van der Waals surface area contributed by atoms with Crippen molar-refractivity contribution in [2.45, 2.75) is 20.2 Å². The lowest BCUT2D eigenvalue weighted by Crippen LogP contribution is -2.27. The summed E-state index contributed by atoms with van der Waals surface area (Å²) in [5.74, 6) is 0. The second-order valence-corrected chi connectivity index (χ2v) is 12.1. The summed E-state index contributed by atoms with van der Waals surface area (Å²) in [4.78, 5) is 13.6. The van der Waals surface area contributed by atoms with E-state index in [1.165, 1.54) is 42.5 Å². The molecule has 10 heteroatoms. The molecule has 0 bridgehead atoms. The number of hydrogen-bond acceptors (Lipinski definition) is 5. The molecule has 5 nitrogen and oxygen atoms in total. The lowest BCUT2D eigenvalue weighted by Gasteiger charge is -2.39. The molecule has 0 aliphatic carbocycles. The highest BCUT2D eigenvalue weighted by Gasteiger charge is 2.53. The van der Waals surface area contributed by atoms with Gasteiger partial charge in [0.15, 0.2) is 5.58 Å². The predicted octanol–water partition coefficient (Wildman–Crippen LogP) is 7.01. The number of fused-ring (bicyclic) bond motifs is 2. The largest absolute Gasteiger partial charge is 0.524 e. The summed E-state index contributed by atoms with van der Waals surface area (Å²) in [6.07, 6.45) is 0. The minimum absolute atomic E-state index is 0.00748. The number of benzene rings is 4. The van der Waals surface area contributed by atoms with Crippen molar-refractivity contribution in [2.24, 2.45) is 0 Å². The molecule has 0 N–H and O–H groups in total. The second kappa shape index (κ2) is 8.81. The zero-order chi connectivity index (χ0) is 25.6. The van der Waals surface area contributed by atoms with Crippen LogP contribution >= 0.6 is 10.3 Å². The van der Waals surface area contributed by atoms with Gasteiger partial charge in [0.25, 0.3) is 0 Å². The lowest BCUT2D eigenvalue weighted by atomic mass is 10.1. The molecule has 1 heterocycles. The van der Waals surface area contributed by atoms with E-state index in [0.717, 1.165) is 0 Å². The Hall–Kier alpha value is -3.60. The van der Waals surface area contributed by atoms with Crippen LogP contribution in [0.5, 0.6) is 0 Å². The van der Waals surface area contributed by atoms with Crippen LogP contribution in [-0.4, -0.2) is 13.9 Å². The van der Waals surface area contributed by atoms with Crippen LogP contribution < -0.4 is 5.43 Å². The molecular formula is C26H17F3O5S2. The Morgan fingerprint density at radius 1 is 0.667 bits per heavy atom. The smallest absolute Gasteiger partial charge is 0.455 e. The fraction of sp³-hybridized carbons (Fsp3) is 0.0385. The van der Waals surface area contributed by atoms with Crippen LogP contribution in [0.4, 0.5) is 13.2 Å². The molecule has 4 aromatic carbocycles. The molecule has 0 radical (unpaired) electrons. The standard InChI is InChI=1S/C26H17F3O5S2/c27-26(28,29)36(31,32)34-35(18-10-3-1-4-11-18,19-12-5-2-6-13-19)23-17-9-15-21-24(30)20-14-7-8-16-22(20)33-25(21)23/h1-17H. The summed E-state index contributed by atoms with van der Waals surface area (Å²) in [6.45, 7) is 0. The monoisotopic (exact) mass is 530 g/mol. The van der Waals surface area contributed by atoms with Crippen molar-refractivity contribution in [1.82, 2.24) is 0 Å². The van der Waals surface area contributed by atoms with E-state index in [1.807, 2.05) is 0 Å². The van der Waals surface area contributed by atoms with Crippen LogP contribution in [-0.2, 0) is 13.7 Å². The molecule has 36 heavy (non-hydrogen) atoms. The zero-order valence-corrected chi connectivity index (χ0v) is 19.9. The van der Waals surface area contributed by atoms with Crippen LogP contribution in [0.25, 0.3) is 21.9 Å². The Morgan fingerprint density at radius 2 is 1.19 bits per heavy atom. The van der Waals surface area contributed by atoms with Gasteiger partial charge in [-0.15, -0.1) is 0 Å². The summed E-state index contributed by atoms with van der Waals surface area (Å²) < 4.78 is 77.7. The molecule has 0 saturated heterocycles. The van der Waals surface area contributed by atoms with E-state index in [2.05, 4.69) is 0 Å². The van der Waals surface area contributed by atoms with Crippen LogP contribution in [0.15, 0.2) is 127 Å². The second-order valence-electron chi connectivity index (χ2n) is 7.71. The van der Waals surface area contributed by atoms with Gasteiger partial charge in [-0.25, -0.2) is 0 Å². The Labute approximate surface area is 205 Å². The van der Waals surface area contributed by atoms with Crippen molar-refractivity contribution in [3.63, 3.8) is 0 Å². The number of alkyl halides is 3. The SMILES string of the molecule is O=c1c2ccccc2oc2c(S(OS(=O)(=O)C(F)(F)F)(c3ccccc3)c3ccccc3)cccc12. The first kappa shape index (κ1) is 24.1. The third-order valence-electron chi connectivity index (χ3n) is 5.50. The molecule has 1 aromatic heterocycles. The maximum absolute atomic E-state index is 13.7. The van der Waals surface area contributed by atoms with Crippen molar-refractivity contribution in [1.29, 1.82) is 0 Å². The number of para-hydroxylation sites is 2. The quantitative estimate of drug-likeness (QED) is 0.181. The highest BCUT2D eigenvalue weighted by Crippen LogP contribution is 2.71. The zero-order valence-electron chi connectivity index (χ0n) is 18.3. The van der Waals surface area contributed by atoms with Crippen molar-refractivity contribution < 1.29 is 29.6 Å². The summed E-state index contributed by atoms with van der Waals surface area (Å²) in [5, 5.41) is 0.369. The van der Waals surface area contributed by atoms with Gasteiger partial charge in [0.2, 0.25) is 5.43 Å². The Kier molecular flexibility index (Phi) is 5.90. The van der Waals surface area contributed by atoms with Gasteiger partial charge in [-0.3, -0.25) is 4.79 Å². The first-order valence-corrected chi connectivity index (χ1v) is 13.5. The molecule has 0 saturated carbocycles. The van der Waals surface area contributed by atoms with Gasteiger partial charge in [-0.2, -0.15) is 25.2 Å². The van der Waals surface area contributed by atoms with Crippen LogP contribution in [0.3, 0.4) is 0 Å². The highest BCUT2D eigenvalue weighted by molar-refractivity contribution is 8.33. The van der Waals surface area contributed by atoms with E-state index >= 15 is 0 Å². The first-order chi connectivity index (χ1) is 17.1. The van der Waals surface area contributed by atoms with Gasteiger partial charge in [0, 0.05) is 9.79 Å². The van der Waals surface area contributed by atoms with Crippen molar-refractivity contribution in [3.8, 4) is 0 Å². The Balaban J connectivity index is 1.98. The molecule has 184 valence electrons. The average molecular weight is 531 g/mol. The summed E-state index contributed by atoms with van der Waals surface area (Å²) in [6, 6.07) is 26.4. The van der Waals surface area contributed by atoms with Crippen molar-refractivity contribution >= 4 is 42.4 Å².